The van der Waals surface area contributed by atoms with Gasteiger partial charge in [-0.1, -0.05) is 12.1 Å². The van der Waals surface area contributed by atoms with Gasteiger partial charge in [-0.05, 0) is 30.5 Å². The second kappa shape index (κ2) is 14.1. The summed E-state index contributed by atoms with van der Waals surface area (Å²) in [6, 6.07) is 1.83. The number of nitrogens with one attached hydrogen (secondary N) is 3. The summed E-state index contributed by atoms with van der Waals surface area (Å²) in [6.45, 7) is -0.707. The van der Waals surface area contributed by atoms with Crippen LogP contribution in [-0.4, -0.2) is 75.6 Å². The van der Waals surface area contributed by atoms with Gasteiger partial charge in [0.2, 0.25) is 23.6 Å². The second-order valence-corrected chi connectivity index (χ2v) is 7.65. The van der Waals surface area contributed by atoms with Gasteiger partial charge in [0, 0.05) is 19.3 Å². The minimum Gasteiger partial charge on any atom is -0.508 e. The Morgan fingerprint density at radius 1 is 0.800 bits per heavy atom. The van der Waals surface area contributed by atoms with Gasteiger partial charge in [-0.2, -0.15) is 0 Å². The number of hydrogen-bond acceptors (Lipinski definition) is 8. The van der Waals surface area contributed by atoms with Crippen molar-refractivity contribution in [1.29, 1.82) is 0 Å². The summed E-state index contributed by atoms with van der Waals surface area (Å²) in [5, 5.41) is 33.9. The molecule has 1 rings (SSSR count). The summed E-state index contributed by atoms with van der Waals surface area (Å²) in [5.41, 5.74) is 11.3. The predicted molar refractivity (Wildman–Crippen MR) is 120 cm³/mol. The quantitative estimate of drug-likeness (QED) is 0.128. The summed E-state index contributed by atoms with van der Waals surface area (Å²) >= 11 is 0. The molecule has 10 N–H and O–H groups in total. The molecular formula is C21H29N5O9. The van der Waals surface area contributed by atoms with Crippen LogP contribution in [0.15, 0.2) is 24.3 Å². The summed E-state index contributed by atoms with van der Waals surface area (Å²) in [6.07, 6.45) is -1.21. The fourth-order valence-corrected chi connectivity index (χ4v) is 2.88. The van der Waals surface area contributed by atoms with Crippen molar-refractivity contribution in [1.82, 2.24) is 16.0 Å². The topological polar surface area (TPSA) is 251 Å². The average Bonchev–Trinajstić information content (AvgIpc) is 2.78. The van der Waals surface area contributed by atoms with Gasteiger partial charge in [0.1, 0.15) is 24.4 Å². The number of phenolic OH excluding ortho intramolecular Hbond substituents is 1. The Kier molecular flexibility index (Phi) is 11.7. The Bertz CT molecular complexity index is 936. The number of carbonyl (C=O) groups excluding carboxylic acids is 4. The third-order valence-electron chi connectivity index (χ3n) is 4.74. The van der Waals surface area contributed by atoms with Crippen molar-refractivity contribution in [3.8, 4) is 5.75 Å². The Labute approximate surface area is 200 Å². The highest BCUT2D eigenvalue weighted by Crippen LogP contribution is 2.12. The van der Waals surface area contributed by atoms with E-state index in [2.05, 4.69) is 16.0 Å². The Morgan fingerprint density at radius 2 is 1.40 bits per heavy atom. The number of carboxylic acid groups (broad SMARTS) is 2. The maximum Gasteiger partial charge on any atom is 0.322 e. The first-order chi connectivity index (χ1) is 16.4. The van der Waals surface area contributed by atoms with Gasteiger partial charge in [0.25, 0.3) is 0 Å². The van der Waals surface area contributed by atoms with E-state index in [4.69, 9.17) is 21.7 Å². The standard InChI is InChI=1S/C21H29N5O9/c22-13(5-8-17(29)30)19(33)25-14(6-7-16(23)28)21(35)26-15(20(34)24-10-18(31)32)9-11-1-3-12(27)4-2-11/h1-4,13-15,27H,5-10,22H2,(H2,23,28)(H,24,34)(H,25,33)(H,26,35)(H,29,30)(H,31,32). The zero-order chi connectivity index (χ0) is 26.5. The second-order valence-electron chi connectivity index (χ2n) is 7.65. The van der Waals surface area contributed by atoms with Crippen molar-refractivity contribution in [3.63, 3.8) is 0 Å². The van der Waals surface area contributed by atoms with E-state index in [1.54, 1.807) is 0 Å². The van der Waals surface area contributed by atoms with Crippen LogP contribution in [0.1, 0.15) is 31.2 Å². The van der Waals surface area contributed by atoms with E-state index in [1.807, 2.05) is 0 Å². The fraction of sp³-hybridized carbons (Fsp3) is 0.429. The molecule has 1 aromatic carbocycles. The molecule has 0 radical (unpaired) electrons. The Hall–Kier alpha value is -4.20. The Morgan fingerprint density at radius 3 is 1.94 bits per heavy atom. The van der Waals surface area contributed by atoms with Crippen LogP contribution in [0.25, 0.3) is 0 Å². The first-order valence-electron chi connectivity index (χ1n) is 10.5. The van der Waals surface area contributed by atoms with Gasteiger partial charge in [-0.15, -0.1) is 0 Å². The first kappa shape index (κ1) is 28.8. The maximum absolute atomic E-state index is 12.9. The van der Waals surface area contributed by atoms with E-state index in [9.17, 15) is 33.9 Å². The number of amides is 4. The highest BCUT2D eigenvalue weighted by molar-refractivity contribution is 5.94. The molecule has 0 spiro atoms. The number of phenols is 1. The van der Waals surface area contributed by atoms with Gasteiger partial charge in [0.05, 0.1) is 6.04 Å². The molecule has 4 amide bonds. The van der Waals surface area contributed by atoms with Crippen LogP contribution in [0.4, 0.5) is 0 Å². The smallest absolute Gasteiger partial charge is 0.322 e. The maximum atomic E-state index is 12.9. The molecule has 0 saturated heterocycles. The van der Waals surface area contributed by atoms with Crippen molar-refractivity contribution >= 4 is 35.6 Å². The third-order valence-corrected chi connectivity index (χ3v) is 4.74. The molecule has 0 aliphatic rings. The lowest BCUT2D eigenvalue weighted by Crippen LogP contribution is -2.56. The lowest BCUT2D eigenvalue weighted by atomic mass is 10.0. The lowest BCUT2D eigenvalue weighted by molar-refractivity contribution is -0.139. The molecule has 1 aromatic rings. The number of carbonyl (C=O) groups is 6. The molecule has 0 bridgehead atoms. The number of benzene rings is 1. The summed E-state index contributed by atoms with van der Waals surface area (Å²) in [7, 11) is 0. The van der Waals surface area contributed by atoms with Crippen LogP contribution in [0.2, 0.25) is 0 Å². The van der Waals surface area contributed by atoms with E-state index in [0.29, 0.717) is 5.56 Å². The van der Waals surface area contributed by atoms with Crippen LogP contribution >= 0.6 is 0 Å². The summed E-state index contributed by atoms with van der Waals surface area (Å²) in [5.74, 6) is -5.81. The molecule has 3 atom stereocenters. The number of aromatic hydroxyl groups is 1. The molecule has 14 nitrogen and oxygen atoms in total. The Balaban J connectivity index is 3.02. The van der Waals surface area contributed by atoms with Crippen molar-refractivity contribution in [2.75, 3.05) is 6.54 Å². The number of nitrogens with two attached hydrogens (primary N) is 2. The van der Waals surface area contributed by atoms with Crippen molar-refractivity contribution in [3.05, 3.63) is 29.8 Å². The van der Waals surface area contributed by atoms with E-state index >= 15 is 0 Å². The molecule has 14 heteroatoms. The van der Waals surface area contributed by atoms with Crippen LogP contribution < -0.4 is 27.4 Å². The fourth-order valence-electron chi connectivity index (χ4n) is 2.88. The van der Waals surface area contributed by atoms with Gasteiger partial charge in [-0.3, -0.25) is 28.8 Å². The lowest BCUT2D eigenvalue weighted by Gasteiger charge is -2.24. The normalized spacial score (nSPS) is 13.1. The number of aliphatic carboxylic acids is 2. The van der Waals surface area contributed by atoms with Crippen LogP contribution in [0.3, 0.4) is 0 Å². The zero-order valence-electron chi connectivity index (χ0n) is 18.7. The molecule has 35 heavy (non-hydrogen) atoms. The molecule has 0 aliphatic carbocycles. The van der Waals surface area contributed by atoms with Crippen molar-refractivity contribution in [2.45, 2.75) is 50.2 Å². The van der Waals surface area contributed by atoms with E-state index in [0.717, 1.165) is 0 Å². The average molecular weight is 495 g/mol. The van der Waals surface area contributed by atoms with Gasteiger partial charge < -0.3 is 42.7 Å². The number of rotatable bonds is 15. The largest absolute Gasteiger partial charge is 0.508 e. The van der Waals surface area contributed by atoms with Crippen LogP contribution in [0, 0.1) is 0 Å². The monoisotopic (exact) mass is 495 g/mol. The first-order valence-corrected chi connectivity index (χ1v) is 10.5. The molecule has 192 valence electrons. The number of primary amides is 1. The number of hydrogen-bond donors (Lipinski definition) is 8. The summed E-state index contributed by atoms with van der Waals surface area (Å²) < 4.78 is 0. The molecule has 3 unspecified atom stereocenters. The molecule has 0 heterocycles. The third kappa shape index (κ3) is 11.5. The predicted octanol–water partition coefficient (Wildman–Crippen LogP) is -2.44. The molecular weight excluding hydrogens is 466 g/mol. The van der Waals surface area contributed by atoms with Gasteiger partial charge >= 0.3 is 11.9 Å². The van der Waals surface area contributed by atoms with Gasteiger partial charge in [0.15, 0.2) is 0 Å². The van der Waals surface area contributed by atoms with Crippen molar-refractivity contribution in [2.24, 2.45) is 11.5 Å². The van der Waals surface area contributed by atoms with Crippen LogP contribution in [0.5, 0.6) is 5.75 Å². The van der Waals surface area contributed by atoms with Crippen molar-refractivity contribution < 1.29 is 44.1 Å². The highest BCUT2D eigenvalue weighted by atomic mass is 16.4. The minimum atomic E-state index is -1.35. The molecule has 0 fully saturated rings. The molecule has 0 aromatic heterocycles. The van der Waals surface area contributed by atoms with E-state index in [-0.39, 0.29) is 37.9 Å². The van der Waals surface area contributed by atoms with Crippen LogP contribution in [-0.2, 0) is 35.2 Å². The number of carboxylic acids is 2. The van der Waals surface area contributed by atoms with E-state index in [1.165, 1.54) is 24.3 Å². The van der Waals surface area contributed by atoms with Gasteiger partial charge in [-0.25, -0.2) is 0 Å². The van der Waals surface area contributed by atoms with E-state index < -0.39 is 60.2 Å². The SMILES string of the molecule is NC(=O)CCC(NC(=O)C(N)CCC(=O)O)C(=O)NC(Cc1ccc(O)cc1)C(=O)NCC(=O)O. The molecule has 0 saturated carbocycles. The zero-order valence-corrected chi connectivity index (χ0v) is 18.7. The molecule has 0 aliphatic heterocycles. The highest BCUT2D eigenvalue weighted by Gasteiger charge is 2.29. The minimum absolute atomic E-state index is 0.0295. The summed E-state index contributed by atoms with van der Waals surface area (Å²) in [4.78, 5) is 70.5.